The van der Waals surface area contributed by atoms with E-state index in [9.17, 15) is 9.67 Å². The molecule has 3 nitrogen and oxygen atoms in total. The Morgan fingerprint density at radius 3 is 2.85 bits per heavy atom. The molecule has 0 radical (unpaired) electrons. The maximum absolute atomic E-state index is 11.9. The largest absolute Gasteiger partial charge is 0.387 e. The van der Waals surface area contributed by atoms with Crippen molar-refractivity contribution in [2.45, 2.75) is 20.0 Å². The second-order valence-corrected chi connectivity index (χ2v) is 6.19. The third kappa shape index (κ3) is 2.57. The first-order chi connectivity index (χ1) is 5.98. The Kier molecular flexibility index (Phi) is 3.58. The van der Waals surface area contributed by atoms with Gasteiger partial charge >= 0.3 is 0 Å². The normalized spacial score (nSPS) is 35.2. The van der Waals surface area contributed by atoms with Crippen LogP contribution in [0.2, 0.25) is 0 Å². The van der Waals surface area contributed by atoms with Crippen molar-refractivity contribution in [3.05, 3.63) is 10.6 Å². The molecule has 1 aliphatic heterocycles. The van der Waals surface area contributed by atoms with Crippen molar-refractivity contribution in [3.8, 4) is 0 Å². The Morgan fingerprint density at radius 1 is 1.77 bits per heavy atom. The average molecular weight is 225 g/mol. The molecule has 0 aromatic heterocycles. The lowest BCUT2D eigenvalue weighted by molar-refractivity contribution is 0.228. The third-order valence-electron chi connectivity index (χ3n) is 1.99. The van der Waals surface area contributed by atoms with Crippen LogP contribution in [-0.2, 0) is 9.09 Å². The van der Waals surface area contributed by atoms with Crippen molar-refractivity contribution in [3.63, 3.8) is 0 Å². The van der Waals surface area contributed by atoms with Crippen molar-refractivity contribution in [2.24, 2.45) is 0 Å². The van der Waals surface area contributed by atoms with Crippen molar-refractivity contribution in [1.82, 2.24) is 0 Å². The van der Waals surface area contributed by atoms with Crippen LogP contribution in [0.15, 0.2) is 10.6 Å². The summed E-state index contributed by atoms with van der Waals surface area (Å²) in [6.07, 6.45) is -0.291. The van der Waals surface area contributed by atoms with Gasteiger partial charge in [0.05, 0.1) is 18.9 Å². The monoisotopic (exact) mass is 224 g/mol. The molecule has 0 saturated heterocycles. The molecular weight excluding hydrogens is 211 g/mol. The highest BCUT2D eigenvalue weighted by molar-refractivity contribution is 7.59. The number of allylic oxidation sites excluding steroid dienone is 1. The summed E-state index contributed by atoms with van der Waals surface area (Å²) in [7, 11) is -2.66. The lowest BCUT2D eigenvalue weighted by Crippen LogP contribution is -2.22. The molecular formula is C8H14ClO3P. The van der Waals surface area contributed by atoms with Gasteiger partial charge in [0.25, 0.3) is 0 Å². The summed E-state index contributed by atoms with van der Waals surface area (Å²) in [5.74, 6) is 0. The van der Waals surface area contributed by atoms with Gasteiger partial charge in [-0.1, -0.05) is 11.6 Å². The van der Waals surface area contributed by atoms with E-state index in [-0.39, 0.29) is 6.16 Å². The van der Waals surface area contributed by atoms with Gasteiger partial charge in [-0.2, -0.15) is 0 Å². The minimum absolute atomic E-state index is 0.150. The smallest absolute Gasteiger partial charge is 0.210 e. The van der Waals surface area contributed by atoms with Crippen molar-refractivity contribution >= 4 is 19.0 Å². The molecule has 0 aromatic carbocycles. The molecule has 2 atom stereocenters. The fraction of sp³-hybridized carbons (Fsp3) is 0.750. The van der Waals surface area contributed by atoms with E-state index in [4.69, 9.17) is 16.1 Å². The first-order valence-electron chi connectivity index (χ1n) is 4.24. The van der Waals surface area contributed by atoms with E-state index in [0.717, 1.165) is 5.57 Å². The summed E-state index contributed by atoms with van der Waals surface area (Å²) in [6.45, 7) is 3.98. The Labute approximate surface area is 83.2 Å². The molecule has 13 heavy (non-hydrogen) atoms. The molecule has 1 N–H and O–H groups in total. The van der Waals surface area contributed by atoms with Crippen LogP contribution in [-0.4, -0.2) is 30.1 Å². The zero-order valence-corrected chi connectivity index (χ0v) is 9.44. The van der Waals surface area contributed by atoms with Gasteiger partial charge in [-0.15, -0.1) is 0 Å². The van der Waals surface area contributed by atoms with Gasteiger partial charge in [-0.3, -0.25) is 4.57 Å². The summed E-state index contributed by atoms with van der Waals surface area (Å²) in [4.78, 5) is 0. The molecule has 5 heteroatoms. The topological polar surface area (TPSA) is 46.5 Å². The zero-order valence-electron chi connectivity index (χ0n) is 7.79. The minimum atomic E-state index is -2.66. The highest BCUT2D eigenvalue weighted by Crippen LogP contribution is 2.53. The zero-order chi connectivity index (χ0) is 10.1. The maximum Gasteiger partial charge on any atom is 0.210 e. The van der Waals surface area contributed by atoms with Crippen molar-refractivity contribution in [2.75, 3.05) is 18.9 Å². The summed E-state index contributed by atoms with van der Waals surface area (Å²) in [5.41, 5.74) is 0.775. The van der Waals surface area contributed by atoms with E-state index in [1.54, 1.807) is 13.8 Å². The Hall–Kier alpha value is 0.180. The fourth-order valence-corrected chi connectivity index (χ4v) is 4.21. The number of aliphatic hydroxyl groups is 1. The van der Waals surface area contributed by atoms with E-state index in [2.05, 4.69) is 0 Å². The third-order valence-corrected chi connectivity index (χ3v) is 5.16. The Balaban J connectivity index is 2.84. The molecule has 0 spiro atoms. The van der Waals surface area contributed by atoms with E-state index >= 15 is 0 Å². The van der Waals surface area contributed by atoms with Gasteiger partial charge in [-0.25, -0.2) is 0 Å². The van der Waals surface area contributed by atoms with Crippen molar-refractivity contribution in [1.29, 1.82) is 0 Å². The summed E-state index contributed by atoms with van der Waals surface area (Å²) in [5, 5.41) is 9.89. The van der Waals surface area contributed by atoms with Gasteiger partial charge in [-0.05, 0) is 19.4 Å². The lowest BCUT2D eigenvalue weighted by Gasteiger charge is -2.26. The first kappa shape index (κ1) is 11.3. The molecule has 1 heterocycles. The van der Waals surface area contributed by atoms with Crippen LogP contribution in [0, 0.1) is 0 Å². The average Bonchev–Trinajstić information content (AvgIpc) is 2.00. The van der Waals surface area contributed by atoms with Crippen molar-refractivity contribution < 1.29 is 14.2 Å². The van der Waals surface area contributed by atoms with Crippen LogP contribution in [0.25, 0.3) is 0 Å². The molecule has 0 aliphatic carbocycles. The van der Waals surface area contributed by atoms with Gasteiger partial charge in [0.15, 0.2) is 0 Å². The van der Waals surface area contributed by atoms with E-state index in [0.29, 0.717) is 17.8 Å². The second kappa shape index (κ2) is 4.14. The first-order valence-corrected chi connectivity index (χ1v) is 6.61. The standard InChI is InChI=1S/C8H14ClO3P/c1-3-12-13(11)4-6(2)8(9)7(10)5-13/h7,10H,3-5H2,1-2H3. The summed E-state index contributed by atoms with van der Waals surface area (Å²) >= 11 is 5.80. The fourth-order valence-electron chi connectivity index (χ4n) is 1.46. The number of halogens is 1. The lowest BCUT2D eigenvalue weighted by atomic mass is 10.2. The molecule has 1 rings (SSSR count). The van der Waals surface area contributed by atoms with Crippen LogP contribution in [0.5, 0.6) is 0 Å². The van der Waals surface area contributed by atoms with Gasteiger partial charge in [0.1, 0.15) is 0 Å². The molecule has 76 valence electrons. The quantitative estimate of drug-likeness (QED) is 0.732. The molecule has 1 aliphatic rings. The number of rotatable bonds is 2. The molecule has 0 amide bonds. The van der Waals surface area contributed by atoms with E-state index < -0.39 is 13.5 Å². The minimum Gasteiger partial charge on any atom is -0.387 e. The Bertz CT molecular complexity index is 275. The van der Waals surface area contributed by atoms with Crippen LogP contribution >= 0.6 is 19.0 Å². The SMILES string of the molecule is CCOP1(=O)CC(C)=C(Cl)C(O)C1. The van der Waals surface area contributed by atoms with E-state index in [1.165, 1.54) is 0 Å². The predicted octanol–water partition coefficient (Wildman–Crippen LogP) is 2.19. The molecule has 0 saturated carbocycles. The second-order valence-electron chi connectivity index (χ2n) is 3.22. The van der Waals surface area contributed by atoms with Crippen LogP contribution < -0.4 is 0 Å². The van der Waals surface area contributed by atoms with Crippen LogP contribution in [0.4, 0.5) is 0 Å². The summed E-state index contributed by atoms with van der Waals surface area (Å²) < 4.78 is 17.1. The molecule has 2 unspecified atom stereocenters. The molecule has 0 fully saturated rings. The van der Waals surface area contributed by atoms with E-state index in [1.807, 2.05) is 0 Å². The van der Waals surface area contributed by atoms with Gasteiger partial charge in [0, 0.05) is 11.2 Å². The predicted molar refractivity (Wildman–Crippen MR) is 53.5 cm³/mol. The number of hydrogen-bond donors (Lipinski definition) is 1. The molecule has 0 bridgehead atoms. The summed E-state index contributed by atoms with van der Waals surface area (Å²) in [6, 6.07) is 0. The van der Waals surface area contributed by atoms with Gasteiger partial charge < -0.3 is 9.63 Å². The maximum atomic E-state index is 11.9. The highest BCUT2D eigenvalue weighted by Gasteiger charge is 2.34. The van der Waals surface area contributed by atoms with Gasteiger partial charge in [0.2, 0.25) is 7.37 Å². The van der Waals surface area contributed by atoms with Crippen LogP contribution in [0.1, 0.15) is 13.8 Å². The highest BCUT2D eigenvalue weighted by atomic mass is 35.5. The number of aliphatic hydroxyl groups excluding tert-OH is 1. The van der Waals surface area contributed by atoms with Crippen LogP contribution in [0.3, 0.4) is 0 Å². The Morgan fingerprint density at radius 2 is 2.38 bits per heavy atom. The number of hydrogen-bond acceptors (Lipinski definition) is 3. The molecule has 0 aromatic rings.